The van der Waals surface area contributed by atoms with Crippen molar-refractivity contribution in [2.24, 2.45) is 0 Å². The second kappa shape index (κ2) is 10.6. The molecule has 0 aliphatic carbocycles. The Morgan fingerprint density at radius 1 is 1.08 bits per heavy atom. The third-order valence-electron chi connectivity index (χ3n) is 5.66. The first kappa shape index (κ1) is 24.9. The molecule has 184 valence electrons. The lowest BCUT2D eigenvalue weighted by molar-refractivity contribution is -0.132. The maximum absolute atomic E-state index is 13.2. The molecule has 1 unspecified atom stereocenters. The smallest absolute Gasteiger partial charge is 0.338 e. The van der Waals surface area contributed by atoms with Crippen molar-refractivity contribution in [1.82, 2.24) is 4.98 Å². The largest absolute Gasteiger partial charge is 0.507 e. The first-order valence-electron chi connectivity index (χ1n) is 11.2. The van der Waals surface area contributed by atoms with Crippen LogP contribution in [0.1, 0.15) is 41.0 Å². The number of ketones is 1. The minimum Gasteiger partial charge on any atom is -0.507 e. The molecular weight excluding hydrogens is 484 g/mol. The number of hydrogen-bond donors (Lipinski definition) is 1. The summed E-state index contributed by atoms with van der Waals surface area (Å²) in [7, 11) is 1.46. The number of rotatable bonds is 7. The molecule has 1 N–H and O–H groups in total. The molecule has 0 spiro atoms. The molecule has 1 aliphatic heterocycles. The van der Waals surface area contributed by atoms with Gasteiger partial charge >= 0.3 is 5.97 Å². The van der Waals surface area contributed by atoms with E-state index in [1.807, 2.05) is 6.92 Å². The summed E-state index contributed by atoms with van der Waals surface area (Å²) < 4.78 is 10.3. The molecule has 0 bridgehead atoms. The number of hydrogen-bond acceptors (Lipinski definition) is 7. The van der Waals surface area contributed by atoms with Crippen LogP contribution in [0, 0.1) is 0 Å². The number of esters is 1. The number of methoxy groups -OCH3 is 1. The van der Waals surface area contributed by atoms with E-state index in [4.69, 9.17) is 21.1 Å². The first-order valence-corrected chi connectivity index (χ1v) is 11.6. The quantitative estimate of drug-likeness (QED) is 0.209. The van der Waals surface area contributed by atoms with Gasteiger partial charge in [0.2, 0.25) is 0 Å². The number of anilines is 1. The summed E-state index contributed by atoms with van der Waals surface area (Å²) in [6, 6.07) is 14.8. The van der Waals surface area contributed by atoms with E-state index in [1.54, 1.807) is 42.5 Å². The Balaban J connectivity index is 1.81. The van der Waals surface area contributed by atoms with E-state index in [2.05, 4.69) is 4.98 Å². The normalized spacial score (nSPS) is 16.8. The predicted octanol–water partition coefficient (Wildman–Crippen LogP) is 4.94. The summed E-state index contributed by atoms with van der Waals surface area (Å²) in [5, 5.41) is 11.4. The summed E-state index contributed by atoms with van der Waals surface area (Å²) in [6.07, 6.45) is 2.23. The van der Waals surface area contributed by atoms with Gasteiger partial charge in [0.15, 0.2) is 0 Å². The Hall–Kier alpha value is -4.17. The van der Waals surface area contributed by atoms with E-state index < -0.39 is 29.5 Å². The van der Waals surface area contributed by atoms with Gasteiger partial charge in [-0.05, 0) is 61.0 Å². The van der Waals surface area contributed by atoms with E-state index in [9.17, 15) is 19.5 Å². The summed E-state index contributed by atoms with van der Waals surface area (Å²) in [5.74, 6) is -2.19. The SMILES string of the molecule is CCCOC(=O)c1ccc(N2C(=O)C(=O)/C(=C(\O)c3ccc(OC)c(Cl)c3)C2c2ccccn2)cc1. The highest BCUT2D eigenvalue weighted by Gasteiger charge is 2.47. The zero-order valence-electron chi connectivity index (χ0n) is 19.6. The van der Waals surface area contributed by atoms with Crippen LogP contribution in [-0.4, -0.2) is 41.5 Å². The highest BCUT2D eigenvalue weighted by molar-refractivity contribution is 6.51. The number of benzene rings is 2. The zero-order chi connectivity index (χ0) is 25.8. The maximum atomic E-state index is 13.2. The zero-order valence-corrected chi connectivity index (χ0v) is 20.4. The van der Waals surface area contributed by atoms with Crippen molar-refractivity contribution in [3.8, 4) is 5.75 Å². The van der Waals surface area contributed by atoms with Crippen LogP contribution in [0.5, 0.6) is 5.75 Å². The Morgan fingerprint density at radius 3 is 2.42 bits per heavy atom. The van der Waals surface area contributed by atoms with Crippen molar-refractivity contribution in [1.29, 1.82) is 0 Å². The fraction of sp³-hybridized carbons (Fsp3) is 0.185. The molecule has 0 radical (unpaired) electrons. The van der Waals surface area contributed by atoms with Crippen LogP contribution < -0.4 is 9.64 Å². The molecule has 36 heavy (non-hydrogen) atoms. The van der Waals surface area contributed by atoms with E-state index in [0.29, 0.717) is 35.7 Å². The van der Waals surface area contributed by atoms with Gasteiger partial charge in [0.25, 0.3) is 11.7 Å². The van der Waals surface area contributed by atoms with E-state index in [-0.39, 0.29) is 16.2 Å². The predicted molar refractivity (Wildman–Crippen MR) is 134 cm³/mol. The monoisotopic (exact) mass is 506 g/mol. The Morgan fingerprint density at radius 2 is 1.81 bits per heavy atom. The van der Waals surface area contributed by atoms with Gasteiger partial charge in [-0.25, -0.2) is 4.79 Å². The number of aliphatic hydroxyl groups is 1. The lowest BCUT2D eigenvalue weighted by Crippen LogP contribution is -2.29. The van der Waals surface area contributed by atoms with Crippen LogP contribution in [0.3, 0.4) is 0 Å². The number of ether oxygens (including phenoxy) is 2. The summed E-state index contributed by atoms with van der Waals surface area (Å²) in [6.45, 7) is 2.19. The van der Waals surface area contributed by atoms with Crippen LogP contribution in [0.4, 0.5) is 5.69 Å². The van der Waals surface area contributed by atoms with E-state index in [1.165, 1.54) is 36.4 Å². The molecular formula is C27H23ClN2O6. The van der Waals surface area contributed by atoms with Crippen molar-refractivity contribution in [3.63, 3.8) is 0 Å². The first-order chi connectivity index (χ1) is 17.4. The number of aliphatic hydroxyl groups excluding tert-OH is 1. The summed E-state index contributed by atoms with van der Waals surface area (Å²) in [4.78, 5) is 44.2. The van der Waals surface area contributed by atoms with Gasteiger partial charge in [0.05, 0.1) is 35.6 Å². The minimum atomic E-state index is -1.01. The Labute approximate surface area is 212 Å². The van der Waals surface area contributed by atoms with E-state index in [0.717, 1.165) is 0 Å². The van der Waals surface area contributed by atoms with Crippen LogP contribution in [-0.2, 0) is 14.3 Å². The lowest BCUT2D eigenvalue weighted by atomic mass is 9.98. The van der Waals surface area contributed by atoms with Gasteiger partial charge in [-0.2, -0.15) is 0 Å². The molecule has 1 saturated heterocycles. The highest BCUT2D eigenvalue weighted by atomic mass is 35.5. The molecule has 2 aromatic carbocycles. The average Bonchev–Trinajstić information content (AvgIpc) is 3.17. The number of Topliss-reactive ketones (excluding diaryl/α,β-unsaturated/α-hetero) is 1. The minimum absolute atomic E-state index is 0.133. The molecule has 3 aromatic rings. The van der Waals surface area contributed by atoms with Crippen molar-refractivity contribution in [2.45, 2.75) is 19.4 Å². The lowest BCUT2D eigenvalue weighted by Gasteiger charge is -2.24. The number of aromatic nitrogens is 1. The van der Waals surface area contributed by atoms with Crippen molar-refractivity contribution >= 4 is 40.7 Å². The summed E-state index contributed by atoms with van der Waals surface area (Å²) in [5.41, 5.74) is 1.15. The molecule has 2 heterocycles. The van der Waals surface area contributed by atoms with Crippen LogP contribution in [0.25, 0.3) is 5.76 Å². The van der Waals surface area contributed by atoms with Gasteiger partial charge in [0, 0.05) is 17.4 Å². The van der Waals surface area contributed by atoms with E-state index >= 15 is 0 Å². The number of carbonyl (C=O) groups excluding carboxylic acids is 3. The van der Waals surface area contributed by atoms with Crippen molar-refractivity contribution < 1.29 is 29.0 Å². The average molecular weight is 507 g/mol. The molecule has 1 aliphatic rings. The number of nitrogens with zero attached hydrogens (tertiary/aromatic N) is 2. The highest BCUT2D eigenvalue weighted by Crippen LogP contribution is 2.42. The standard InChI is InChI=1S/C27H23ClN2O6/c1-3-14-36-27(34)16-7-10-18(11-8-16)30-23(20-6-4-5-13-29-20)22(25(32)26(30)33)24(31)17-9-12-21(35-2)19(28)15-17/h4-13,15,23,31H,3,14H2,1-2H3/b24-22-. The number of pyridine rings is 1. The number of amides is 1. The second-order valence-corrected chi connectivity index (χ2v) is 8.36. The molecule has 9 heteroatoms. The molecule has 1 atom stereocenters. The Bertz CT molecular complexity index is 1340. The van der Waals surface area contributed by atoms with Gasteiger partial charge in [-0.1, -0.05) is 24.6 Å². The Kier molecular flexibility index (Phi) is 7.36. The topological polar surface area (TPSA) is 106 Å². The van der Waals surface area contributed by atoms with Crippen LogP contribution >= 0.6 is 11.6 Å². The van der Waals surface area contributed by atoms with Crippen LogP contribution in [0.2, 0.25) is 5.02 Å². The summed E-state index contributed by atoms with van der Waals surface area (Å²) >= 11 is 6.22. The molecule has 1 amide bonds. The fourth-order valence-electron chi connectivity index (χ4n) is 3.92. The third-order valence-corrected chi connectivity index (χ3v) is 5.95. The number of halogens is 1. The van der Waals surface area contributed by atoms with Gasteiger partial charge in [-0.15, -0.1) is 0 Å². The van der Waals surface area contributed by atoms with Gasteiger partial charge < -0.3 is 14.6 Å². The second-order valence-electron chi connectivity index (χ2n) is 7.96. The molecule has 0 saturated carbocycles. The van der Waals surface area contributed by atoms with Crippen molar-refractivity contribution in [2.75, 3.05) is 18.6 Å². The molecule has 8 nitrogen and oxygen atoms in total. The fourth-order valence-corrected chi connectivity index (χ4v) is 4.18. The maximum Gasteiger partial charge on any atom is 0.338 e. The van der Waals surface area contributed by atoms with Gasteiger partial charge in [-0.3, -0.25) is 19.5 Å². The number of carbonyl (C=O) groups is 3. The van der Waals surface area contributed by atoms with Gasteiger partial charge in [0.1, 0.15) is 17.6 Å². The molecule has 1 aromatic heterocycles. The molecule has 4 rings (SSSR count). The van der Waals surface area contributed by atoms with Crippen LogP contribution in [0.15, 0.2) is 72.4 Å². The third kappa shape index (κ3) is 4.67. The molecule has 1 fully saturated rings. The van der Waals surface area contributed by atoms with Crippen molar-refractivity contribution in [3.05, 3.63) is 94.3 Å².